The van der Waals surface area contributed by atoms with E-state index >= 15 is 0 Å². The van der Waals surface area contributed by atoms with Crippen molar-refractivity contribution in [2.75, 3.05) is 11.9 Å². The van der Waals surface area contributed by atoms with Crippen LogP contribution < -0.4 is 10.5 Å². The van der Waals surface area contributed by atoms with E-state index in [-0.39, 0.29) is 17.4 Å². The number of likely N-dealkylation sites (N-methyl/N-ethyl adjacent to an activating group) is 1. The van der Waals surface area contributed by atoms with Crippen molar-refractivity contribution in [2.45, 2.75) is 19.3 Å². The molecule has 0 unspecified atom stereocenters. The van der Waals surface area contributed by atoms with Gasteiger partial charge in [-0.25, -0.2) is 4.98 Å². The summed E-state index contributed by atoms with van der Waals surface area (Å²) >= 11 is 3.45. The fourth-order valence-electron chi connectivity index (χ4n) is 4.30. The molecule has 1 aliphatic rings. The summed E-state index contributed by atoms with van der Waals surface area (Å²) in [6.07, 6.45) is 0.343. The van der Waals surface area contributed by atoms with E-state index in [2.05, 4.69) is 22.0 Å². The van der Waals surface area contributed by atoms with Gasteiger partial charge in [-0.3, -0.25) is 14.2 Å². The van der Waals surface area contributed by atoms with Crippen LogP contribution in [0.5, 0.6) is 0 Å². The minimum atomic E-state index is -0.380. The summed E-state index contributed by atoms with van der Waals surface area (Å²) in [5.74, 6) is 0.215. The smallest absolute Gasteiger partial charge is 0.265 e. The summed E-state index contributed by atoms with van der Waals surface area (Å²) in [5, 5.41) is 0.556. The van der Waals surface area contributed by atoms with Crippen LogP contribution in [0.2, 0.25) is 0 Å². The van der Waals surface area contributed by atoms with Crippen LogP contribution in [-0.2, 0) is 11.2 Å². The molecule has 1 aromatic heterocycles. The van der Waals surface area contributed by atoms with Crippen molar-refractivity contribution < 1.29 is 4.79 Å². The molecular formula is C25H20BrN3O2. The summed E-state index contributed by atoms with van der Waals surface area (Å²) in [6.45, 7) is 2.02. The second-order valence-electron chi connectivity index (χ2n) is 7.88. The normalized spacial score (nSPS) is 15.5. The van der Waals surface area contributed by atoms with E-state index in [9.17, 15) is 9.59 Å². The number of amides is 1. The van der Waals surface area contributed by atoms with E-state index in [0.29, 0.717) is 23.1 Å². The number of para-hydroxylation sites is 1. The lowest BCUT2D eigenvalue weighted by Crippen LogP contribution is -2.29. The lowest BCUT2D eigenvalue weighted by molar-refractivity contribution is -0.119. The van der Waals surface area contributed by atoms with Gasteiger partial charge in [0.15, 0.2) is 0 Å². The minimum Gasteiger partial charge on any atom is -0.315 e. The molecule has 0 fully saturated rings. The number of nitrogens with zero attached hydrogens (tertiary/aromatic N) is 3. The molecule has 1 aliphatic heterocycles. The lowest BCUT2D eigenvalue weighted by Gasteiger charge is -2.17. The summed E-state index contributed by atoms with van der Waals surface area (Å²) < 4.78 is 2.56. The highest BCUT2D eigenvalue weighted by molar-refractivity contribution is 9.10. The zero-order valence-corrected chi connectivity index (χ0v) is 18.8. The predicted octanol–water partition coefficient (Wildman–Crippen LogP) is 4.76. The quantitative estimate of drug-likeness (QED) is 0.430. The second-order valence-corrected chi connectivity index (χ2v) is 8.79. The molecule has 31 heavy (non-hydrogen) atoms. The molecule has 5 rings (SSSR count). The molecule has 0 saturated heterocycles. The molecule has 0 N–H and O–H groups in total. The molecule has 1 amide bonds. The van der Waals surface area contributed by atoms with Gasteiger partial charge >= 0.3 is 0 Å². The largest absolute Gasteiger partial charge is 0.315 e. The Labute approximate surface area is 188 Å². The number of anilines is 1. The fourth-order valence-corrected chi connectivity index (χ4v) is 4.56. The van der Waals surface area contributed by atoms with E-state index in [1.807, 2.05) is 61.5 Å². The molecular weight excluding hydrogens is 454 g/mol. The van der Waals surface area contributed by atoms with Crippen LogP contribution in [0.15, 0.2) is 76.0 Å². The molecule has 0 bridgehead atoms. The van der Waals surface area contributed by atoms with E-state index < -0.39 is 0 Å². The Morgan fingerprint density at radius 1 is 1.00 bits per heavy atom. The van der Waals surface area contributed by atoms with Gasteiger partial charge < -0.3 is 4.90 Å². The molecule has 5 nitrogen and oxygen atoms in total. The number of benzene rings is 3. The molecule has 0 aliphatic carbocycles. The molecule has 0 radical (unpaired) electrons. The number of carbonyl (C=O) groups is 1. The number of fused-ring (bicyclic) bond motifs is 2. The van der Waals surface area contributed by atoms with Crippen molar-refractivity contribution in [1.82, 2.24) is 9.55 Å². The molecule has 154 valence electrons. The Morgan fingerprint density at radius 3 is 2.52 bits per heavy atom. The maximum absolute atomic E-state index is 13.5. The van der Waals surface area contributed by atoms with Gasteiger partial charge in [0.2, 0.25) is 5.91 Å². The number of hydrogen-bond acceptors (Lipinski definition) is 3. The third kappa shape index (κ3) is 3.27. The van der Waals surface area contributed by atoms with Crippen molar-refractivity contribution in [3.8, 4) is 5.69 Å². The summed E-state index contributed by atoms with van der Waals surface area (Å²) in [6, 6.07) is 20.9. The first-order valence-corrected chi connectivity index (χ1v) is 10.9. The Kier molecular flexibility index (Phi) is 4.74. The van der Waals surface area contributed by atoms with Crippen LogP contribution in [-0.4, -0.2) is 22.5 Å². The summed E-state index contributed by atoms with van der Waals surface area (Å²) in [4.78, 5) is 33.1. The van der Waals surface area contributed by atoms with Gasteiger partial charge in [0.1, 0.15) is 5.82 Å². The highest BCUT2D eigenvalue weighted by Crippen LogP contribution is 2.38. The van der Waals surface area contributed by atoms with Gasteiger partial charge in [0, 0.05) is 23.6 Å². The number of rotatable bonds is 3. The summed E-state index contributed by atoms with van der Waals surface area (Å²) in [5.41, 5.74) is 4.23. The van der Waals surface area contributed by atoms with E-state index in [4.69, 9.17) is 4.98 Å². The molecule has 6 heteroatoms. The minimum absolute atomic E-state index is 0.0189. The summed E-state index contributed by atoms with van der Waals surface area (Å²) in [7, 11) is 1.80. The zero-order valence-electron chi connectivity index (χ0n) is 17.2. The lowest BCUT2D eigenvalue weighted by atomic mass is 9.95. The average molecular weight is 474 g/mol. The van der Waals surface area contributed by atoms with Crippen molar-refractivity contribution in [3.05, 3.63) is 98.5 Å². The van der Waals surface area contributed by atoms with Crippen molar-refractivity contribution >= 4 is 38.4 Å². The SMILES string of the molecule is Cc1ccc2c(c1)[C@@H](Cc1nc3ccccc3c(=O)n1-c1ccc(Br)cc1)C(=O)N2C. The zero-order chi connectivity index (χ0) is 21.7. The molecule has 3 aromatic carbocycles. The van der Waals surface area contributed by atoms with Crippen LogP contribution in [0.1, 0.15) is 22.9 Å². The number of carbonyl (C=O) groups excluding carboxylic acids is 1. The topological polar surface area (TPSA) is 55.2 Å². The standard InChI is InChI=1S/C25H20BrN3O2/c1-15-7-12-22-19(13-15)20(24(30)28(22)2)14-23-27-21-6-4-3-5-18(21)25(31)29(23)17-10-8-16(26)9-11-17/h3-13,20H,14H2,1-2H3/t20-/m1/s1. The van der Waals surface area contributed by atoms with Crippen LogP contribution in [0.4, 0.5) is 5.69 Å². The van der Waals surface area contributed by atoms with Crippen molar-refractivity contribution in [1.29, 1.82) is 0 Å². The Morgan fingerprint density at radius 2 is 1.74 bits per heavy atom. The van der Waals surface area contributed by atoms with E-state index in [1.165, 1.54) is 0 Å². The maximum atomic E-state index is 13.5. The monoisotopic (exact) mass is 473 g/mol. The molecule has 0 saturated carbocycles. The van der Waals surface area contributed by atoms with Gasteiger partial charge in [-0.2, -0.15) is 0 Å². The van der Waals surface area contributed by atoms with Gasteiger partial charge in [-0.15, -0.1) is 0 Å². The Bertz CT molecular complexity index is 1390. The maximum Gasteiger partial charge on any atom is 0.265 e. The third-order valence-electron chi connectivity index (χ3n) is 5.87. The van der Waals surface area contributed by atoms with Gasteiger partial charge in [0.05, 0.1) is 22.5 Å². The third-order valence-corrected chi connectivity index (χ3v) is 6.39. The first-order valence-electron chi connectivity index (χ1n) is 10.1. The number of aromatic nitrogens is 2. The second kappa shape index (κ2) is 7.46. The van der Waals surface area contributed by atoms with Crippen molar-refractivity contribution in [3.63, 3.8) is 0 Å². The number of halogens is 1. The highest BCUT2D eigenvalue weighted by atomic mass is 79.9. The van der Waals surface area contributed by atoms with Gasteiger partial charge in [-0.05, 0) is 55.0 Å². The Balaban J connectivity index is 1.71. The van der Waals surface area contributed by atoms with Crippen LogP contribution >= 0.6 is 15.9 Å². The number of hydrogen-bond donors (Lipinski definition) is 0. The van der Waals surface area contributed by atoms with Crippen LogP contribution in [0, 0.1) is 6.92 Å². The molecule has 4 aromatic rings. The van der Waals surface area contributed by atoms with Gasteiger partial charge in [-0.1, -0.05) is 45.8 Å². The first kappa shape index (κ1) is 19.7. The molecule has 2 heterocycles. The van der Waals surface area contributed by atoms with Crippen LogP contribution in [0.25, 0.3) is 16.6 Å². The number of aryl methyl sites for hydroxylation is 1. The highest BCUT2D eigenvalue weighted by Gasteiger charge is 2.36. The molecule has 1 atom stereocenters. The Hall–Kier alpha value is -3.25. The van der Waals surface area contributed by atoms with Crippen molar-refractivity contribution in [2.24, 2.45) is 0 Å². The van der Waals surface area contributed by atoms with E-state index in [1.54, 1.807) is 22.6 Å². The average Bonchev–Trinajstić information content (AvgIpc) is 2.99. The van der Waals surface area contributed by atoms with Gasteiger partial charge in [0.25, 0.3) is 5.56 Å². The predicted molar refractivity (Wildman–Crippen MR) is 126 cm³/mol. The fraction of sp³-hybridized carbons (Fsp3) is 0.160. The van der Waals surface area contributed by atoms with E-state index in [0.717, 1.165) is 27.0 Å². The first-order chi connectivity index (χ1) is 14.9. The van der Waals surface area contributed by atoms with Crippen LogP contribution in [0.3, 0.4) is 0 Å². The molecule has 0 spiro atoms.